The van der Waals surface area contributed by atoms with Crippen molar-refractivity contribution < 1.29 is 13.2 Å². The highest BCUT2D eigenvalue weighted by atomic mass is 32.1. The molecule has 0 radical (unpaired) electrons. The molecular weight excluding hydrogens is 435 g/mol. The summed E-state index contributed by atoms with van der Waals surface area (Å²) in [5, 5.41) is 3.62. The first-order valence-electron chi connectivity index (χ1n) is 10.5. The molecule has 3 N–H and O–H groups in total. The molecule has 1 aliphatic heterocycles. The van der Waals surface area contributed by atoms with Gasteiger partial charge in [0.25, 0.3) is 0 Å². The van der Waals surface area contributed by atoms with Gasteiger partial charge in [0.05, 0.1) is 11.9 Å². The predicted octanol–water partition coefficient (Wildman–Crippen LogP) is 4.01. The van der Waals surface area contributed by atoms with Crippen LogP contribution in [0.3, 0.4) is 0 Å². The molecule has 3 rings (SSSR count). The molecule has 9 heteroatoms. The lowest BCUT2D eigenvalue weighted by Gasteiger charge is -2.43. The monoisotopic (exact) mass is 463 g/mol. The zero-order valence-electron chi connectivity index (χ0n) is 18.2. The first-order chi connectivity index (χ1) is 15.2. The van der Waals surface area contributed by atoms with Gasteiger partial charge in [-0.3, -0.25) is 10.3 Å². The smallest absolute Gasteiger partial charge is 0.184 e. The molecule has 0 aromatic heterocycles. The lowest BCUT2D eigenvalue weighted by Crippen LogP contribution is -2.53. The Morgan fingerprint density at radius 1 is 1.19 bits per heavy atom. The number of halogens is 3. The van der Waals surface area contributed by atoms with Crippen molar-refractivity contribution in [1.82, 2.24) is 10.3 Å². The number of thiocarbonyl (C=S) groups is 1. The van der Waals surface area contributed by atoms with Gasteiger partial charge in [-0.15, -0.1) is 0 Å². The summed E-state index contributed by atoms with van der Waals surface area (Å²) in [6.07, 6.45) is 2.00. The molecule has 1 heterocycles. The van der Waals surface area contributed by atoms with Gasteiger partial charge in [0.2, 0.25) is 0 Å². The number of piperazine rings is 1. The molecule has 2 aromatic carbocycles. The Balaban J connectivity index is 1.78. The molecule has 1 atom stereocenters. The Hall–Kier alpha value is -2.65. The average molecular weight is 464 g/mol. The van der Waals surface area contributed by atoms with Crippen LogP contribution in [0.25, 0.3) is 0 Å². The number of hydrogen-bond acceptors (Lipinski definition) is 4. The van der Waals surface area contributed by atoms with Crippen LogP contribution in [0.5, 0.6) is 0 Å². The summed E-state index contributed by atoms with van der Waals surface area (Å²) < 4.78 is 43.7. The molecule has 0 saturated carbocycles. The SMILES string of the molecule is CC(C)C[C@H]1CN(c2cc(F)c(C=NNC(N)=S)cc2F)CCN1Cc1ccccc1F. The fourth-order valence-electron chi connectivity index (χ4n) is 3.99. The summed E-state index contributed by atoms with van der Waals surface area (Å²) in [4.78, 5) is 4.09. The third-order valence-electron chi connectivity index (χ3n) is 5.46. The number of benzene rings is 2. The Morgan fingerprint density at radius 2 is 1.94 bits per heavy atom. The maximum atomic E-state index is 14.9. The lowest BCUT2D eigenvalue weighted by molar-refractivity contribution is 0.146. The molecule has 0 aliphatic carbocycles. The summed E-state index contributed by atoms with van der Waals surface area (Å²) in [6, 6.07) is 9.13. The van der Waals surface area contributed by atoms with E-state index in [1.54, 1.807) is 12.1 Å². The average Bonchev–Trinajstić information content (AvgIpc) is 2.72. The van der Waals surface area contributed by atoms with Crippen molar-refractivity contribution in [2.24, 2.45) is 16.8 Å². The highest BCUT2D eigenvalue weighted by Crippen LogP contribution is 2.28. The van der Waals surface area contributed by atoms with Gasteiger partial charge in [-0.2, -0.15) is 5.10 Å². The summed E-state index contributed by atoms with van der Waals surface area (Å²) in [5.41, 5.74) is 8.43. The number of hydrogen-bond donors (Lipinski definition) is 2. The zero-order valence-corrected chi connectivity index (χ0v) is 19.0. The van der Waals surface area contributed by atoms with E-state index < -0.39 is 11.6 Å². The second kappa shape index (κ2) is 10.8. The van der Waals surface area contributed by atoms with Crippen LogP contribution >= 0.6 is 12.2 Å². The molecule has 1 aliphatic rings. The van der Waals surface area contributed by atoms with Crippen molar-refractivity contribution in [3.05, 3.63) is 65.0 Å². The number of anilines is 1. The second-order valence-corrected chi connectivity index (χ2v) is 8.79. The van der Waals surface area contributed by atoms with E-state index in [0.717, 1.165) is 18.7 Å². The molecule has 5 nitrogen and oxygen atoms in total. The van der Waals surface area contributed by atoms with Crippen LogP contribution in [0.1, 0.15) is 31.4 Å². The van der Waals surface area contributed by atoms with Gasteiger partial charge < -0.3 is 10.6 Å². The molecule has 1 fully saturated rings. The number of hydrazone groups is 1. The minimum Gasteiger partial charge on any atom is -0.375 e. The highest BCUT2D eigenvalue weighted by Gasteiger charge is 2.29. The lowest BCUT2D eigenvalue weighted by atomic mass is 9.98. The van der Waals surface area contributed by atoms with Crippen LogP contribution in [-0.4, -0.2) is 41.9 Å². The standard InChI is InChI=1S/C23H28F3N5S/c1-15(2)9-18-14-31(8-7-30(18)13-16-5-3-4-6-19(16)24)22-11-20(25)17(10-21(22)26)12-28-29-23(27)32/h3-6,10-12,15,18H,7-9,13-14H2,1-2H3,(H3,27,29,32)/t18-/m0/s1. The summed E-state index contributed by atoms with van der Waals surface area (Å²) in [6.45, 7) is 6.38. The maximum Gasteiger partial charge on any atom is 0.184 e. The van der Waals surface area contributed by atoms with Crippen molar-refractivity contribution >= 4 is 29.2 Å². The Labute approximate surface area is 192 Å². The minimum absolute atomic E-state index is 0.00748. The van der Waals surface area contributed by atoms with Crippen molar-refractivity contribution in [1.29, 1.82) is 0 Å². The van der Waals surface area contributed by atoms with E-state index >= 15 is 0 Å². The predicted molar refractivity (Wildman–Crippen MR) is 126 cm³/mol. The van der Waals surface area contributed by atoms with Gasteiger partial charge >= 0.3 is 0 Å². The van der Waals surface area contributed by atoms with Crippen LogP contribution in [0.2, 0.25) is 0 Å². The molecule has 2 aromatic rings. The Morgan fingerprint density at radius 3 is 2.62 bits per heavy atom. The van der Waals surface area contributed by atoms with Crippen molar-refractivity contribution in [3.8, 4) is 0 Å². The number of rotatable bonds is 7. The van der Waals surface area contributed by atoms with Gasteiger partial charge in [0.1, 0.15) is 17.5 Å². The van der Waals surface area contributed by atoms with E-state index in [0.29, 0.717) is 37.7 Å². The van der Waals surface area contributed by atoms with E-state index in [1.807, 2.05) is 11.0 Å². The molecular formula is C23H28F3N5S. The van der Waals surface area contributed by atoms with Crippen molar-refractivity contribution in [3.63, 3.8) is 0 Å². The van der Waals surface area contributed by atoms with Crippen molar-refractivity contribution in [2.45, 2.75) is 32.9 Å². The molecule has 172 valence electrons. The van der Waals surface area contributed by atoms with Gasteiger partial charge in [0, 0.05) is 49.4 Å². The largest absolute Gasteiger partial charge is 0.375 e. The quantitative estimate of drug-likeness (QED) is 0.369. The topological polar surface area (TPSA) is 56.9 Å². The molecule has 0 spiro atoms. The minimum atomic E-state index is -0.593. The fraction of sp³-hybridized carbons (Fsp3) is 0.391. The van der Waals surface area contributed by atoms with E-state index in [2.05, 4.69) is 41.5 Å². The van der Waals surface area contributed by atoms with Crippen LogP contribution < -0.4 is 16.1 Å². The van der Waals surface area contributed by atoms with Gasteiger partial charge in [-0.1, -0.05) is 32.0 Å². The summed E-state index contributed by atoms with van der Waals surface area (Å²) in [5.74, 6) is -0.948. The summed E-state index contributed by atoms with van der Waals surface area (Å²) >= 11 is 4.63. The van der Waals surface area contributed by atoms with E-state index in [9.17, 15) is 13.2 Å². The van der Waals surface area contributed by atoms with Crippen LogP contribution in [0, 0.1) is 23.4 Å². The molecule has 0 bridgehead atoms. The third-order valence-corrected chi connectivity index (χ3v) is 5.56. The fourth-order valence-corrected chi connectivity index (χ4v) is 4.04. The van der Waals surface area contributed by atoms with E-state index in [4.69, 9.17) is 5.73 Å². The number of nitrogens with zero attached hydrogens (tertiary/aromatic N) is 3. The first-order valence-corrected chi connectivity index (χ1v) is 11.0. The van der Waals surface area contributed by atoms with Crippen molar-refractivity contribution in [2.75, 3.05) is 24.5 Å². The third kappa shape index (κ3) is 6.20. The zero-order chi connectivity index (χ0) is 23.3. The van der Waals surface area contributed by atoms with Gasteiger partial charge in [0.15, 0.2) is 5.11 Å². The van der Waals surface area contributed by atoms with Gasteiger partial charge in [-0.25, -0.2) is 13.2 Å². The highest BCUT2D eigenvalue weighted by molar-refractivity contribution is 7.80. The number of nitrogens with one attached hydrogen (secondary N) is 1. The Kier molecular flexibility index (Phi) is 8.09. The molecule has 0 amide bonds. The molecule has 1 saturated heterocycles. The first kappa shape index (κ1) is 24.0. The molecule has 32 heavy (non-hydrogen) atoms. The maximum absolute atomic E-state index is 14.9. The number of nitrogens with two attached hydrogens (primary N) is 1. The Bertz CT molecular complexity index is 982. The van der Waals surface area contributed by atoms with E-state index in [1.165, 1.54) is 12.1 Å². The van der Waals surface area contributed by atoms with Crippen LogP contribution in [-0.2, 0) is 6.54 Å². The van der Waals surface area contributed by atoms with Crippen LogP contribution in [0.15, 0.2) is 41.5 Å². The normalized spacial score (nSPS) is 17.3. The van der Waals surface area contributed by atoms with E-state index in [-0.39, 0.29) is 28.2 Å². The second-order valence-electron chi connectivity index (χ2n) is 8.35. The van der Waals surface area contributed by atoms with Gasteiger partial charge in [-0.05, 0) is 36.7 Å². The summed E-state index contributed by atoms with van der Waals surface area (Å²) in [7, 11) is 0. The molecule has 0 unspecified atom stereocenters. The van der Waals surface area contributed by atoms with Crippen LogP contribution in [0.4, 0.5) is 18.9 Å².